The number of fused-ring (bicyclic) bond motifs is 3. The average molecular weight is 378 g/mol. The molecule has 0 radical (unpaired) electrons. The van der Waals surface area contributed by atoms with E-state index in [1.165, 1.54) is 27.1 Å². The summed E-state index contributed by atoms with van der Waals surface area (Å²) < 4.78 is 5.95. The molecule has 0 unspecified atom stereocenters. The Kier molecular flexibility index (Phi) is 4.81. The minimum absolute atomic E-state index is 0.457. The van der Waals surface area contributed by atoms with E-state index in [9.17, 15) is 0 Å². The van der Waals surface area contributed by atoms with E-state index in [0.717, 1.165) is 23.0 Å². The minimum atomic E-state index is 0.457. The molecular formula is C26H22N2O. The quantitative estimate of drug-likeness (QED) is 0.218. The molecule has 0 fully saturated rings. The zero-order valence-electron chi connectivity index (χ0n) is 16.1. The SMILES string of the molecule is c1ccc2c(CCOCNc3cccc4cccnc34)c3ccccc3cc2c1. The summed E-state index contributed by atoms with van der Waals surface area (Å²) in [5, 5.41) is 9.66. The fourth-order valence-electron chi connectivity index (χ4n) is 4.00. The first-order chi connectivity index (χ1) is 14.4. The molecule has 0 aliphatic rings. The second kappa shape index (κ2) is 7.90. The van der Waals surface area contributed by atoms with Gasteiger partial charge in [0.25, 0.3) is 0 Å². The Morgan fingerprint density at radius 1 is 0.724 bits per heavy atom. The van der Waals surface area contributed by atoms with E-state index in [1.807, 2.05) is 24.4 Å². The molecule has 1 heterocycles. The molecule has 1 N–H and O–H groups in total. The van der Waals surface area contributed by atoms with Gasteiger partial charge in [0.15, 0.2) is 0 Å². The van der Waals surface area contributed by atoms with Crippen molar-refractivity contribution in [1.82, 2.24) is 4.98 Å². The first-order valence-corrected chi connectivity index (χ1v) is 9.95. The van der Waals surface area contributed by atoms with E-state index in [0.29, 0.717) is 13.3 Å². The van der Waals surface area contributed by atoms with Crippen molar-refractivity contribution in [3.8, 4) is 0 Å². The highest BCUT2D eigenvalue weighted by molar-refractivity contribution is 6.02. The molecule has 0 amide bonds. The van der Waals surface area contributed by atoms with Gasteiger partial charge in [-0.15, -0.1) is 0 Å². The Balaban J connectivity index is 1.31. The molecule has 142 valence electrons. The van der Waals surface area contributed by atoms with Gasteiger partial charge >= 0.3 is 0 Å². The third-order valence-corrected chi connectivity index (χ3v) is 5.38. The number of para-hydroxylation sites is 1. The molecule has 0 aliphatic heterocycles. The second-order valence-corrected chi connectivity index (χ2v) is 7.16. The topological polar surface area (TPSA) is 34.1 Å². The van der Waals surface area contributed by atoms with Gasteiger partial charge < -0.3 is 10.1 Å². The van der Waals surface area contributed by atoms with Crippen LogP contribution in [-0.4, -0.2) is 18.3 Å². The van der Waals surface area contributed by atoms with E-state index < -0.39 is 0 Å². The van der Waals surface area contributed by atoms with Crippen molar-refractivity contribution in [3.63, 3.8) is 0 Å². The van der Waals surface area contributed by atoms with Crippen LogP contribution < -0.4 is 5.32 Å². The number of nitrogens with one attached hydrogen (secondary N) is 1. The summed E-state index contributed by atoms with van der Waals surface area (Å²) in [5.74, 6) is 0. The molecule has 0 saturated carbocycles. The number of anilines is 1. The van der Waals surface area contributed by atoms with Crippen LogP contribution in [0.4, 0.5) is 5.69 Å². The van der Waals surface area contributed by atoms with Crippen molar-refractivity contribution in [3.05, 3.63) is 96.7 Å². The van der Waals surface area contributed by atoms with E-state index in [2.05, 4.69) is 77.0 Å². The number of pyridine rings is 1. The predicted octanol–water partition coefficient (Wildman–Crippen LogP) is 6.17. The Labute approximate surface area is 170 Å². The zero-order chi connectivity index (χ0) is 19.5. The molecule has 1 aromatic heterocycles. The second-order valence-electron chi connectivity index (χ2n) is 7.16. The maximum absolute atomic E-state index is 5.95. The van der Waals surface area contributed by atoms with Crippen LogP contribution in [0.3, 0.4) is 0 Å². The lowest BCUT2D eigenvalue weighted by Gasteiger charge is -2.13. The highest BCUT2D eigenvalue weighted by Gasteiger charge is 2.07. The van der Waals surface area contributed by atoms with Crippen LogP contribution in [0.1, 0.15) is 5.56 Å². The van der Waals surface area contributed by atoms with Crippen molar-refractivity contribution < 1.29 is 4.74 Å². The molecule has 0 spiro atoms. The highest BCUT2D eigenvalue weighted by atomic mass is 16.5. The summed E-state index contributed by atoms with van der Waals surface area (Å²) in [6.45, 7) is 1.11. The lowest BCUT2D eigenvalue weighted by molar-refractivity contribution is 0.156. The number of hydrogen-bond donors (Lipinski definition) is 1. The molecule has 5 rings (SSSR count). The average Bonchev–Trinajstić information content (AvgIpc) is 2.78. The van der Waals surface area contributed by atoms with Gasteiger partial charge in [-0.1, -0.05) is 66.7 Å². The Bertz CT molecular complexity index is 1240. The van der Waals surface area contributed by atoms with Gasteiger partial charge in [-0.05, 0) is 51.7 Å². The van der Waals surface area contributed by atoms with Crippen LogP contribution in [-0.2, 0) is 11.2 Å². The van der Waals surface area contributed by atoms with E-state index >= 15 is 0 Å². The number of aromatic nitrogens is 1. The van der Waals surface area contributed by atoms with Gasteiger partial charge in [-0.2, -0.15) is 0 Å². The smallest absolute Gasteiger partial charge is 0.116 e. The molecule has 0 atom stereocenters. The summed E-state index contributed by atoms with van der Waals surface area (Å²) in [5.41, 5.74) is 3.32. The molecule has 3 nitrogen and oxygen atoms in total. The Morgan fingerprint density at radius 3 is 2.21 bits per heavy atom. The molecule has 29 heavy (non-hydrogen) atoms. The number of rotatable bonds is 6. The molecule has 4 aromatic carbocycles. The van der Waals surface area contributed by atoms with Gasteiger partial charge in [-0.25, -0.2) is 0 Å². The molecule has 0 bridgehead atoms. The van der Waals surface area contributed by atoms with E-state index in [4.69, 9.17) is 4.74 Å². The predicted molar refractivity (Wildman–Crippen MR) is 121 cm³/mol. The van der Waals surface area contributed by atoms with Crippen LogP contribution >= 0.6 is 0 Å². The third kappa shape index (κ3) is 3.53. The van der Waals surface area contributed by atoms with E-state index in [1.54, 1.807) is 0 Å². The molecule has 0 saturated heterocycles. The Morgan fingerprint density at radius 2 is 1.41 bits per heavy atom. The summed E-state index contributed by atoms with van der Waals surface area (Å²) >= 11 is 0. The van der Waals surface area contributed by atoms with Gasteiger partial charge in [-0.3, -0.25) is 4.98 Å². The van der Waals surface area contributed by atoms with Crippen molar-refractivity contribution in [2.75, 3.05) is 18.7 Å². The van der Waals surface area contributed by atoms with Crippen molar-refractivity contribution in [1.29, 1.82) is 0 Å². The maximum Gasteiger partial charge on any atom is 0.116 e. The zero-order valence-corrected chi connectivity index (χ0v) is 16.1. The standard InChI is InChI=1S/C26H22N2O/c1-3-11-22-20(7-1)17-21-8-2-4-12-23(21)24(22)14-16-29-18-28-25-13-5-9-19-10-6-15-27-26(19)25/h1-13,15,17,28H,14,16,18H2. The van der Waals surface area contributed by atoms with Crippen LogP contribution in [0.5, 0.6) is 0 Å². The largest absolute Gasteiger partial charge is 0.361 e. The molecule has 0 aliphatic carbocycles. The molecule has 3 heteroatoms. The minimum Gasteiger partial charge on any atom is -0.361 e. The summed E-state index contributed by atoms with van der Waals surface area (Å²) in [4.78, 5) is 4.48. The maximum atomic E-state index is 5.95. The van der Waals surface area contributed by atoms with Crippen molar-refractivity contribution in [2.45, 2.75) is 6.42 Å². The first kappa shape index (κ1) is 17.7. The van der Waals surface area contributed by atoms with Gasteiger partial charge in [0.2, 0.25) is 0 Å². The summed E-state index contributed by atoms with van der Waals surface area (Å²) in [6.07, 6.45) is 2.69. The molecular weight excluding hydrogens is 356 g/mol. The fourth-order valence-corrected chi connectivity index (χ4v) is 4.00. The number of hydrogen-bond acceptors (Lipinski definition) is 3. The van der Waals surface area contributed by atoms with Gasteiger partial charge in [0.05, 0.1) is 17.8 Å². The Hall–Kier alpha value is -3.43. The monoisotopic (exact) mass is 378 g/mol. The van der Waals surface area contributed by atoms with Crippen molar-refractivity contribution >= 4 is 38.1 Å². The number of benzene rings is 4. The number of ether oxygens (including phenoxy) is 1. The normalized spacial score (nSPS) is 11.3. The van der Waals surface area contributed by atoms with Crippen molar-refractivity contribution in [2.24, 2.45) is 0 Å². The first-order valence-electron chi connectivity index (χ1n) is 9.95. The van der Waals surface area contributed by atoms with Crippen LogP contribution in [0.25, 0.3) is 32.4 Å². The number of nitrogens with zero attached hydrogens (tertiary/aromatic N) is 1. The summed E-state index contributed by atoms with van der Waals surface area (Å²) in [6, 6.07) is 29.6. The highest BCUT2D eigenvalue weighted by Crippen LogP contribution is 2.29. The molecule has 5 aromatic rings. The lowest BCUT2D eigenvalue weighted by Crippen LogP contribution is -2.09. The fraction of sp³-hybridized carbons (Fsp3) is 0.115. The van der Waals surface area contributed by atoms with Crippen LogP contribution in [0.2, 0.25) is 0 Å². The van der Waals surface area contributed by atoms with Crippen LogP contribution in [0, 0.1) is 0 Å². The van der Waals surface area contributed by atoms with Gasteiger partial charge in [0, 0.05) is 11.6 Å². The third-order valence-electron chi connectivity index (χ3n) is 5.38. The lowest BCUT2D eigenvalue weighted by atomic mass is 9.95. The van der Waals surface area contributed by atoms with E-state index in [-0.39, 0.29) is 0 Å². The van der Waals surface area contributed by atoms with Gasteiger partial charge in [0.1, 0.15) is 6.73 Å². The summed E-state index contributed by atoms with van der Waals surface area (Å²) in [7, 11) is 0. The van der Waals surface area contributed by atoms with Crippen LogP contribution in [0.15, 0.2) is 91.1 Å².